The molecule has 2 N–H and O–H groups in total. The van der Waals surface area contributed by atoms with Crippen molar-refractivity contribution in [1.82, 2.24) is 14.9 Å². The van der Waals surface area contributed by atoms with Gasteiger partial charge in [-0.1, -0.05) is 61.8 Å². The Labute approximate surface area is 371 Å². The van der Waals surface area contributed by atoms with Gasteiger partial charge < -0.3 is 24.8 Å². The molecule has 1 amide bonds. The molecule has 3 aromatic carbocycles. The van der Waals surface area contributed by atoms with Crippen molar-refractivity contribution in [3.63, 3.8) is 0 Å². The van der Waals surface area contributed by atoms with Gasteiger partial charge in [-0.05, 0) is 164 Å². The molecule has 0 saturated heterocycles. The van der Waals surface area contributed by atoms with Crippen LogP contribution >= 0.6 is 11.6 Å². The number of nitrogens with zero attached hydrogens (tertiary/aromatic N) is 3. The van der Waals surface area contributed by atoms with E-state index < -0.39 is 11.5 Å². The largest absolute Gasteiger partial charge is 0.494 e. The van der Waals surface area contributed by atoms with Crippen molar-refractivity contribution in [1.29, 1.82) is 0 Å². The molecule has 3 aliphatic rings. The summed E-state index contributed by atoms with van der Waals surface area (Å²) >= 11 is 6.33. The second-order valence-electron chi connectivity index (χ2n) is 18.2. The van der Waals surface area contributed by atoms with Gasteiger partial charge in [0.25, 0.3) is 0 Å². The third-order valence-electron chi connectivity index (χ3n) is 13.8. The molecule has 1 saturated carbocycles. The first-order chi connectivity index (χ1) is 30.0. The number of hydrogen-bond donors (Lipinski definition) is 2. The van der Waals surface area contributed by atoms with E-state index in [4.69, 9.17) is 21.1 Å². The number of aliphatic carboxylic acids is 1. The molecule has 2 aromatic heterocycles. The summed E-state index contributed by atoms with van der Waals surface area (Å²) in [5, 5.41) is 14.7. The average molecular weight is 856 g/mol. The van der Waals surface area contributed by atoms with Gasteiger partial charge in [-0.3, -0.25) is 14.8 Å². The summed E-state index contributed by atoms with van der Waals surface area (Å²) in [6.45, 7) is 6.12. The van der Waals surface area contributed by atoms with Crippen molar-refractivity contribution in [3.05, 3.63) is 136 Å². The van der Waals surface area contributed by atoms with Crippen LogP contribution in [0.4, 0.5) is 5.69 Å². The number of aryl methyl sites for hydroxylation is 1. The fourth-order valence-corrected chi connectivity index (χ4v) is 10.7. The highest BCUT2D eigenvalue weighted by Crippen LogP contribution is 2.57. The van der Waals surface area contributed by atoms with Gasteiger partial charge in [0, 0.05) is 60.6 Å². The summed E-state index contributed by atoms with van der Waals surface area (Å²) in [6, 6.07) is 28.0. The smallest absolute Gasteiger partial charge is 0.329 e. The summed E-state index contributed by atoms with van der Waals surface area (Å²) < 4.78 is 13.0. The highest BCUT2D eigenvalue weighted by Gasteiger charge is 2.54. The predicted octanol–water partition coefficient (Wildman–Crippen LogP) is 11.1. The molecule has 0 aliphatic heterocycles. The van der Waals surface area contributed by atoms with Crippen LogP contribution in [-0.4, -0.2) is 57.7 Å². The minimum absolute atomic E-state index is 0.0723. The fraction of sp³-hybridized carbons (Fsp3) is 0.423. The number of pyridine rings is 2. The number of carboxylic acids is 1. The van der Waals surface area contributed by atoms with Crippen LogP contribution in [0, 0.1) is 11.8 Å². The van der Waals surface area contributed by atoms with Gasteiger partial charge in [-0.25, -0.2) is 4.79 Å². The molecule has 1 unspecified atom stereocenters. The quantitative estimate of drug-likeness (QED) is 0.0944. The number of carbonyl (C=O) groups excluding carboxylic acids is 1. The zero-order valence-electron chi connectivity index (χ0n) is 36.2. The number of carboxylic acid groups (broad SMARTS) is 1. The van der Waals surface area contributed by atoms with Gasteiger partial charge in [0.15, 0.2) is 0 Å². The van der Waals surface area contributed by atoms with Crippen molar-refractivity contribution < 1.29 is 24.2 Å². The molecular weight excluding hydrogens is 796 g/mol. The first-order valence-corrected chi connectivity index (χ1v) is 22.8. The van der Waals surface area contributed by atoms with E-state index in [0.29, 0.717) is 68.0 Å². The maximum Gasteiger partial charge on any atom is 0.329 e. The van der Waals surface area contributed by atoms with E-state index in [9.17, 15) is 14.7 Å². The molecule has 9 nitrogen and oxygen atoms in total. The highest BCUT2D eigenvalue weighted by molar-refractivity contribution is 6.30. The van der Waals surface area contributed by atoms with E-state index in [1.54, 1.807) is 23.2 Å². The number of aromatic nitrogens is 2. The van der Waals surface area contributed by atoms with Crippen LogP contribution < -0.4 is 14.8 Å². The lowest BCUT2D eigenvalue weighted by molar-refractivity contribution is -0.144. The molecule has 10 heteroatoms. The van der Waals surface area contributed by atoms with Crippen molar-refractivity contribution >= 4 is 29.2 Å². The van der Waals surface area contributed by atoms with Crippen molar-refractivity contribution in [2.75, 3.05) is 25.6 Å². The van der Waals surface area contributed by atoms with Crippen LogP contribution in [0.25, 0.3) is 11.1 Å². The predicted molar refractivity (Wildman–Crippen MR) is 245 cm³/mol. The zero-order chi connectivity index (χ0) is 43.3. The van der Waals surface area contributed by atoms with Crippen LogP contribution in [-0.2, 0) is 34.4 Å². The summed E-state index contributed by atoms with van der Waals surface area (Å²) in [5.74, 6) is 2.02. The van der Waals surface area contributed by atoms with Gasteiger partial charge in [-0.2, -0.15) is 0 Å². The fourth-order valence-electron chi connectivity index (χ4n) is 10.5. The number of nitrogens with one attached hydrogen (secondary N) is 1. The Morgan fingerprint density at radius 1 is 0.968 bits per heavy atom. The lowest BCUT2D eigenvalue weighted by atomic mass is 9.59. The van der Waals surface area contributed by atoms with E-state index in [1.807, 2.05) is 61.9 Å². The summed E-state index contributed by atoms with van der Waals surface area (Å²) in [6.07, 6.45) is 14.1. The number of benzene rings is 3. The van der Waals surface area contributed by atoms with Crippen LogP contribution in [0.15, 0.2) is 104 Å². The number of halogens is 1. The van der Waals surface area contributed by atoms with E-state index in [1.165, 1.54) is 22.4 Å². The Kier molecular flexibility index (Phi) is 13.2. The molecule has 0 bridgehead atoms. The van der Waals surface area contributed by atoms with Crippen molar-refractivity contribution in [2.45, 2.75) is 108 Å². The monoisotopic (exact) mass is 854 g/mol. The third-order valence-corrected chi connectivity index (χ3v) is 14.1. The van der Waals surface area contributed by atoms with E-state index in [-0.39, 0.29) is 17.2 Å². The third kappa shape index (κ3) is 9.48. The lowest BCUT2D eigenvalue weighted by Crippen LogP contribution is -2.53. The van der Waals surface area contributed by atoms with Crippen molar-refractivity contribution in [3.8, 4) is 22.6 Å². The van der Waals surface area contributed by atoms with E-state index >= 15 is 0 Å². The molecule has 62 heavy (non-hydrogen) atoms. The topological polar surface area (TPSA) is 114 Å². The summed E-state index contributed by atoms with van der Waals surface area (Å²) in [5.41, 5.74) is 7.61. The number of rotatable bonds is 16. The van der Waals surface area contributed by atoms with Crippen LogP contribution in [0.2, 0.25) is 5.02 Å². The molecule has 5 aromatic rings. The number of amides is 1. The standard InChI is InChI=1S/C52H59ClN4O5/c1-35(34-62-47-19-25-55-46-15-4-9-36(2)49(46)47)27-41-29-39-17-18-44(31-45(39)51(41)20-22-52(23-21-51,50(59)60)56-43-14-6-13-42(53)30-43)61-26-8-16-48(58)57(3)33-37-10-5-11-38(28-37)40-12-7-24-54-32-40/h5-7,10-14,17-19,24-25,28,30-32,35-36,41,56H,4,8-9,15-16,20-23,26-27,29,33-34H2,1-3H3,(H,59,60)/t35-,36-,41?,51?,52?/m1/s1. The molecular formula is C52H59ClN4O5. The molecule has 3 atom stereocenters. The number of carbonyl (C=O) groups is 2. The Hall–Kier alpha value is -5.41. The van der Waals surface area contributed by atoms with E-state index in [2.05, 4.69) is 59.5 Å². The van der Waals surface area contributed by atoms with E-state index in [0.717, 1.165) is 73.1 Å². The molecule has 0 radical (unpaired) electrons. The molecule has 324 valence electrons. The Balaban J connectivity index is 0.940. The van der Waals surface area contributed by atoms with Gasteiger partial charge in [0.1, 0.15) is 17.0 Å². The zero-order valence-corrected chi connectivity index (χ0v) is 37.0. The first-order valence-electron chi connectivity index (χ1n) is 22.4. The molecule has 3 aliphatic carbocycles. The second-order valence-corrected chi connectivity index (χ2v) is 18.6. The minimum atomic E-state index is -1.11. The van der Waals surface area contributed by atoms with Crippen LogP contribution in [0.3, 0.4) is 0 Å². The molecule has 2 heterocycles. The number of hydrogen-bond acceptors (Lipinski definition) is 7. The maximum atomic E-state index is 13.2. The van der Waals surface area contributed by atoms with Crippen molar-refractivity contribution in [2.24, 2.45) is 11.8 Å². The minimum Gasteiger partial charge on any atom is -0.494 e. The summed E-state index contributed by atoms with van der Waals surface area (Å²) in [4.78, 5) is 37.0. The normalized spacial score (nSPS) is 22.0. The number of anilines is 1. The van der Waals surface area contributed by atoms with Gasteiger partial charge in [0.2, 0.25) is 5.91 Å². The number of fused-ring (bicyclic) bond motifs is 3. The Morgan fingerprint density at radius 3 is 2.58 bits per heavy atom. The van der Waals surface area contributed by atoms with Gasteiger partial charge in [0.05, 0.1) is 13.2 Å². The second kappa shape index (κ2) is 18.9. The highest BCUT2D eigenvalue weighted by atomic mass is 35.5. The van der Waals surface area contributed by atoms with Gasteiger partial charge in [-0.15, -0.1) is 0 Å². The lowest BCUT2D eigenvalue weighted by Gasteiger charge is -2.47. The van der Waals surface area contributed by atoms with Crippen LogP contribution in [0.1, 0.15) is 106 Å². The first kappa shape index (κ1) is 43.2. The number of ether oxygens (including phenoxy) is 2. The molecule has 8 rings (SSSR count). The van der Waals surface area contributed by atoms with Gasteiger partial charge >= 0.3 is 5.97 Å². The Bertz CT molecular complexity index is 2360. The summed E-state index contributed by atoms with van der Waals surface area (Å²) in [7, 11) is 1.85. The molecule has 1 fully saturated rings. The SMILES string of the molecule is C[C@@H](COc1ccnc2c1[C@H](C)CCC2)CC1Cc2ccc(OCCCC(=O)N(C)Cc3cccc(-c4cccnc4)c3)cc2C12CCC(Nc1cccc(Cl)c1)(C(=O)O)CC2. The Morgan fingerprint density at radius 2 is 1.79 bits per heavy atom. The molecule has 1 spiro atoms. The average Bonchev–Trinajstić information content (AvgIpc) is 3.56. The maximum absolute atomic E-state index is 13.2. The van der Waals surface area contributed by atoms with Crippen LogP contribution in [0.5, 0.6) is 11.5 Å².